The zero-order valence-corrected chi connectivity index (χ0v) is 17.7. The number of methoxy groups -OCH3 is 1. The summed E-state index contributed by atoms with van der Waals surface area (Å²) in [4.78, 5) is 28.0. The minimum Gasteiger partial charge on any atom is -0.495 e. The minimum absolute atomic E-state index is 0.0872. The zero-order chi connectivity index (χ0) is 21.4. The molecule has 3 aromatic rings. The van der Waals surface area contributed by atoms with Gasteiger partial charge in [-0.1, -0.05) is 29.3 Å². The Labute approximate surface area is 185 Å². The summed E-state index contributed by atoms with van der Waals surface area (Å²) < 4.78 is 18.7. The van der Waals surface area contributed by atoms with E-state index in [2.05, 4.69) is 5.32 Å². The number of anilines is 2. The first kappa shape index (κ1) is 20.4. The van der Waals surface area contributed by atoms with Crippen molar-refractivity contribution in [2.24, 2.45) is 0 Å². The Bertz CT molecular complexity index is 1190. The molecular formula is C21H13Cl2FN2O3S. The Morgan fingerprint density at radius 2 is 1.83 bits per heavy atom. The predicted octanol–water partition coefficient (Wildman–Crippen LogP) is 5.60. The summed E-state index contributed by atoms with van der Waals surface area (Å²) in [7, 11) is 1.50. The molecule has 0 atom stereocenters. The van der Waals surface area contributed by atoms with E-state index in [-0.39, 0.29) is 22.0 Å². The van der Waals surface area contributed by atoms with Crippen LogP contribution in [-0.2, 0) is 9.59 Å². The summed E-state index contributed by atoms with van der Waals surface area (Å²) in [5, 5.41) is 4.97. The van der Waals surface area contributed by atoms with Gasteiger partial charge >= 0.3 is 0 Å². The third kappa shape index (κ3) is 3.56. The first-order valence-electron chi connectivity index (χ1n) is 8.63. The molecular weight excluding hydrogens is 450 g/mol. The van der Waals surface area contributed by atoms with E-state index >= 15 is 0 Å². The fraction of sp³-hybridized carbons (Fsp3) is 0.0476. The average molecular weight is 463 g/mol. The number of amides is 2. The van der Waals surface area contributed by atoms with Crippen molar-refractivity contribution < 1.29 is 18.7 Å². The highest BCUT2D eigenvalue weighted by atomic mass is 35.5. The second-order valence-electron chi connectivity index (χ2n) is 6.25. The van der Waals surface area contributed by atoms with Gasteiger partial charge in [0.25, 0.3) is 11.8 Å². The van der Waals surface area contributed by atoms with Crippen molar-refractivity contribution in [1.82, 2.24) is 0 Å². The van der Waals surface area contributed by atoms with Crippen molar-refractivity contribution >= 4 is 63.3 Å². The number of imide groups is 1. The smallest absolute Gasteiger partial charge is 0.282 e. The first-order chi connectivity index (χ1) is 14.4. The van der Waals surface area contributed by atoms with E-state index in [4.69, 9.17) is 27.9 Å². The normalized spacial score (nSPS) is 13.9. The van der Waals surface area contributed by atoms with Crippen LogP contribution < -0.4 is 15.0 Å². The molecule has 0 spiro atoms. The number of thiophene rings is 1. The predicted molar refractivity (Wildman–Crippen MR) is 117 cm³/mol. The van der Waals surface area contributed by atoms with E-state index in [1.807, 2.05) is 0 Å². The van der Waals surface area contributed by atoms with E-state index in [1.54, 1.807) is 35.7 Å². The van der Waals surface area contributed by atoms with Crippen molar-refractivity contribution in [3.05, 3.63) is 80.3 Å². The van der Waals surface area contributed by atoms with Crippen molar-refractivity contribution in [1.29, 1.82) is 0 Å². The Balaban J connectivity index is 1.78. The lowest BCUT2D eigenvalue weighted by molar-refractivity contribution is -0.120. The molecule has 0 radical (unpaired) electrons. The van der Waals surface area contributed by atoms with Gasteiger partial charge in [0.1, 0.15) is 17.3 Å². The zero-order valence-electron chi connectivity index (χ0n) is 15.4. The third-order valence-corrected chi connectivity index (χ3v) is 5.91. The molecule has 4 rings (SSSR count). The summed E-state index contributed by atoms with van der Waals surface area (Å²) in [6.07, 6.45) is 0. The van der Waals surface area contributed by atoms with E-state index in [0.717, 1.165) is 11.0 Å². The largest absolute Gasteiger partial charge is 0.495 e. The number of nitrogens with zero attached hydrogens (tertiary/aromatic N) is 1. The van der Waals surface area contributed by atoms with Gasteiger partial charge in [0.05, 0.1) is 28.4 Å². The lowest BCUT2D eigenvalue weighted by atomic mass is 10.2. The monoisotopic (exact) mass is 462 g/mol. The van der Waals surface area contributed by atoms with Crippen LogP contribution in [0, 0.1) is 5.82 Å². The molecule has 2 amide bonds. The van der Waals surface area contributed by atoms with Gasteiger partial charge in [-0.2, -0.15) is 0 Å². The van der Waals surface area contributed by atoms with Gasteiger partial charge in [-0.25, -0.2) is 9.29 Å². The summed E-state index contributed by atoms with van der Waals surface area (Å²) in [6, 6.07) is 12.1. The molecule has 1 aromatic heterocycles. The number of hydrogen-bond donors (Lipinski definition) is 1. The van der Waals surface area contributed by atoms with Gasteiger partial charge in [0.15, 0.2) is 0 Å². The summed E-state index contributed by atoms with van der Waals surface area (Å²) in [5.41, 5.74) is 0.978. The van der Waals surface area contributed by atoms with E-state index in [0.29, 0.717) is 21.3 Å². The van der Waals surface area contributed by atoms with Crippen molar-refractivity contribution in [3.63, 3.8) is 0 Å². The van der Waals surface area contributed by atoms with Gasteiger partial charge in [-0.3, -0.25) is 9.59 Å². The maximum absolute atomic E-state index is 13.6. The van der Waals surface area contributed by atoms with Crippen LogP contribution in [-0.4, -0.2) is 18.9 Å². The number of hydrogen-bond acceptors (Lipinski definition) is 5. The number of carbonyl (C=O) groups is 2. The molecule has 9 heteroatoms. The minimum atomic E-state index is -0.642. The Morgan fingerprint density at radius 1 is 1.03 bits per heavy atom. The fourth-order valence-electron chi connectivity index (χ4n) is 3.04. The van der Waals surface area contributed by atoms with Gasteiger partial charge in [-0.05, 0) is 47.8 Å². The average Bonchev–Trinajstić information content (AvgIpc) is 3.32. The van der Waals surface area contributed by atoms with Crippen LogP contribution in [0.25, 0.3) is 5.57 Å². The van der Waals surface area contributed by atoms with E-state index in [1.165, 1.54) is 30.6 Å². The first-order valence-corrected chi connectivity index (χ1v) is 10.3. The standard InChI is InChI=1S/C21H13Cl2FN2O3S/c1-29-16-7-4-11(9-14(16)23)25-19-18(17-3-2-8-30-17)20(27)26(21(19)28)12-5-6-15(24)13(22)10-12/h2-10,25H,1H3. The lowest BCUT2D eigenvalue weighted by Gasteiger charge is -2.16. The molecule has 0 fully saturated rings. The molecule has 0 saturated heterocycles. The topological polar surface area (TPSA) is 58.6 Å². The number of halogens is 3. The summed E-state index contributed by atoms with van der Waals surface area (Å²) in [6.45, 7) is 0. The van der Waals surface area contributed by atoms with Crippen LogP contribution in [0.15, 0.2) is 59.6 Å². The molecule has 1 aliphatic rings. The van der Waals surface area contributed by atoms with Gasteiger partial charge in [0, 0.05) is 10.6 Å². The van der Waals surface area contributed by atoms with Crippen LogP contribution in [0.1, 0.15) is 4.88 Å². The van der Waals surface area contributed by atoms with Gasteiger partial charge in [0.2, 0.25) is 0 Å². The van der Waals surface area contributed by atoms with Gasteiger partial charge in [-0.15, -0.1) is 11.3 Å². The van der Waals surface area contributed by atoms with Crippen molar-refractivity contribution in [2.75, 3.05) is 17.3 Å². The van der Waals surface area contributed by atoms with Gasteiger partial charge < -0.3 is 10.1 Å². The Hall–Kier alpha value is -2.87. The molecule has 0 aliphatic carbocycles. The maximum Gasteiger partial charge on any atom is 0.282 e. The maximum atomic E-state index is 13.6. The van der Waals surface area contributed by atoms with Crippen LogP contribution in [0.5, 0.6) is 5.75 Å². The molecule has 0 unspecified atom stereocenters. The second kappa shape index (κ2) is 8.10. The highest BCUT2D eigenvalue weighted by Crippen LogP contribution is 2.37. The van der Waals surface area contributed by atoms with E-state index < -0.39 is 17.6 Å². The molecule has 2 aromatic carbocycles. The number of ether oxygens (including phenoxy) is 1. The van der Waals surface area contributed by atoms with Crippen LogP contribution in [0.3, 0.4) is 0 Å². The quantitative estimate of drug-likeness (QED) is 0.501. The van der Waals surface area contributed by atoms with Crippen LogP contribution >= 0.6 is 34.5 Å². The highest BCUT2D eigenvalue weighted by Gasteiger charge is 2.41. The molecule has 5 nitrogen and oxygen atoms in total. The number of benzene rings is 2. The van der Waals surface area contributed by atoms with Crippen molar-refractivity contribution in [3.8, 4) is 5.75 Å². The molecule has 2 heterocycles. The number of carbonyl (C=O) groups excluding carboxylic acids is 2. The molecule has 152 valence electrons. The van der Waals surface area contributed by atoms with Crippen LogP contribution in [0.2, 0.25) is 10.0 Å². The molecule has 1 N–H and O–H groups in total. The fourth-order valence-corrected chi connectivity index (χ4v) is 4.24. The summed E-state index contributed by atoms with van der Waals surface area (Å²) >= 11 is 13.4. The molecule has 0 bridgehead atoms. The van der Waals surface area contributed by atoms with E-state index in [9.17, 15) is 14.0 Å². The highest BCUT2D eigenvalue weighted by molar-refractivity contribution is 7.11. The number of nitrogens with one attached hydrogen (secondary N) is 1. The summed E-state index contributed by atoms with van der Waals surface area (Å²) in [5.74, 6) is -1.28. The van der Waals surface area contributed by atoms with Crippen LogP contribution in [0.4, 0.5) is 15.8 Å². The SMILES string of the molecule is COc1ccc(NC2=C(c3cccs3)C(=O)N(c3ccc(F)c(Cl)c3)C2=O)cc1Cl. The molecule has 1 aliphatic heterocycles. The Kier molecular flexibility index (Phi) is 5.51. The third-order valence-electron chi connectivity index (χ3n) is 4.43. The lowest BCUT2D eigenvalue weighted by Crippen LogP contribution is -2.32. The molecule has 30 heavy (non-hydrogen) atoms. The second-order valence-corrected chi connectivity index (χ2v) is 8.01. The van der Waals surface area contributed by atoms with Crippen molar-refractivity contribution in [2.45, 2.75) is 0 Å². The number of rotatable bonds is 5. The Morgan fingerprint density at radius 3 is 2.47 bits per heavy atom. The molecule has 0 saturated carbocycles.